The quantitative estimate of drug-likeness (QED) is 0.910. The number of benzene rings is 1. The van der Waals surface area contributed by atoms with E-state index in [9.17, 15) is 9.59 Å². The minimum Gasteiger partial charge on any atom is -0.341 e. The average Bonchev–Trinajstić information content (AvgIpc) is 2.80. The summed E-state index contributed by atoms with van der Waals surface area (Å²) in [6.07, 6.45) is 4.72. The Balaban J connectivity index is 1.53. The predicted molar refractivity (Wildman–Crippen MR) is 99.7 cm³/mol. The molecule has 0 bridgehead atoms. The second-order valence-corrected chi connectivity index (χ2v) is 7.50. The standard InChI is InChI=1S/C20H29N3O2/c1-15(2)19(24)22-11-4-12-23(14-13-22)20(25)21-18-9-7-17(8-10-18)16-5-3-6-16/h7-10,15-16H,3-6,11-14H2,1-2H3,(H,21,25). The Morgan fingerprint density at radius 3 is 2.20 bits per heavy atom. The summed E-state index contributed by atoms with van der Waals surface area (Å²) in [5.41, 5.74) is 2.22. The van der Waals surface area contributed by atoms with Crippen LogP contribution in [0.15, 0.2) is 24.3 Å². The van der Waals surface area contributed by atoms with Crippen molar-refractivity contribution < 1.29 is 9.59 Å². The fraction of sp³-hybridized carbons (Fsp3) is 0.600. The fourth-order valence-corrected chi connectivity index (χ4v) is 3.49. The summed E-state index contributed by atoms with van der Waals surface area (Å²) >= 11 is 0. The van der Waals surface area contributed by atoms with Gasteiger partial charge in [0.25, 0.3) is 0 Å². The van der Waals surface area contributed by atoms with E-state index < -0.39 is 0 Å². The minimum atomic E-state index is -0.0739. The van der Waals surface area contributed by atoms with Crippen molar-refractivity contribution >= 4 is 17.6 Å². The summed E-state index contributed by atoms with van der Waals surface area (Å²) in [4.78, 5) is 28.4. The molecule has 1 saturated heterocycles. The smallest absolute Gasteiger partial charge is 0.321 e. The van der Waals surface area contributed by atoms with Crippen LogP contribution in [0.3, 0.4) is 0 Å². The number of rotatable bonds is 3. The van der Waals surface area contributed by atoms with Gasteiger partial charge in [-0.25, -0.2) is 4.79 Å². The number of amides is 3. The number of anilines is 1. The Bertz CT molecular complexity index is 608. The summed E-state index contributed by atoms with van der Waals surface area (Å²) < 4.78 is 0. The highest BCUT2D eigenvalue weighted by molar-refractivity contribution is 5.89. The summed E-state index contributed by atoms with van der Waals surface area (Å²) in [5.74, 6) is 0.892. The molecule has 0 spiro atoms. The second-order valence-electron chi connectivity index (χ2n) is 7.50. The number of urea groups is 1. The van der Waals surface area contributed by atoms with Crippen LogP contribution in [0.5, 0.6) is 0 Å². The molecule has 0 aromatic heterocycles. The third-order valence-electron chi connectivity index (χ3n) is 5.33. The zero-order valence-corrected chi connectivity index (χ0v) is 15.3. The molecule has 1 aliphatic heterocycles. The molecule has 0 radical (unpaired) electrons. The lowest BCUT2D eigenvalue weighted by molar-refractivity contribution is -0.134. The first-order valence-corrected chi connectivity index (χ1v) is 9.49. The van der Waals surface area contributed by atoms with Crippen LogP contribution in [0.1, 0.15) is 51.0 Å². The van der Waals surface area contributed by atoms with Crippen molar-refractivity contribution in [3.63, 3.8) is 0 Å². The van der Waals surface area contributed by atoms with E-state index in [4.69, 9.17) is 0 Å². The maximum absolute atomic E-state index is 12.5. The van der Waals surface area contributed by atoms with Crippen molar-refractivity contribution in [1.82, 2.24) is 9.80 Å². The Kier molecular flexibility index (Phi) is 5.61. The Labute approximate surface area is 150 Å². The highest BCUT2D eigenvalue weighted by Crippen LogP contribution is 2.36. The van der Waals surface area contributed by atoms with Crippen molar-refractivity contribution in [1.29, 1.82) is 0 Å². The van der Waals surface area contributed by atoms with Gasteiger partial charge in [-0.3, -0.25) is 4.79 Å². The summed E-state index contributed by atoms with van der Waals surface area (Å²) in [6, 6.07) is 8.18. The van der Waals surface area contributed by atoms with Crippen molar-refractivity contribution in [3.05, 3.63) is 29.8 Å². The molecule has 136 valence electrons. The molecule has 5 heteroatoms. The number of hydrogen-bond acceptors (Lipinski definition) is 2. The molecule has 1 aromatic carbocycles. The molecule has 0 unspecified atom stereocenters. The molecule has 3 amide bonds. The van der Waals surface area contributed by atoms with Gasteiger partial charge in [0.15, 0.2) is 0 Å². The van der Waals surface area contributed by atoms with Crippen LogP contribution in [-0.4, -0.2) is 47.9 Å². The summed E-state index contributed by atoms with van der Waals surface area (Å²) in [5, 5.41) is 2.99. The monoisotopic (exact) mass is 343 g/mol. The first-order chi connectivity index (χ1) is 12.0. The van der Waals surface area contributed by atoms with Crippen molar-refractivity contribution in [2.75, 3.05) is 31.5 Å². The SMILES string of the molecule is CC(C)C(=O)N1CCCN(C(=O)Nc2ccc(C3CCC3)cc2)CC1. The highest BCUT2D eigenvalue weighted by Gasteiger charge is 2.23. The summed E-state index contributed by atoms with van der Waals surface area (Å²) in [6.45, 7) is 6.47. The Morgan fingerprint density at radius 2 is 1.60 bits per heavy atom. The van der Waals surface area contributed by atoms with Crippen LogP contribution < -0.4 is 5.32 Å². The second kappa shape index (κ2) is 7.89. The van der Waals surface area contributed by atoms with Crippen LogP contribution in [-0.2, 0) is 4.79 Å². The molecule has 5 nitrogen and oxygen atoms in total. The molecule has 2 fully saturated rings. The zero-order valence-electron chi connectivity index (χ0n) is 15.3. The topological polar surface area (TPSA) is 52.7 Å². The van der Waals surface area contributed by atoms with Gasteiger partial charge in [0, 0.05) is 37.8 Å². The molecular formula is C20H29N3O2. The number of nitrogens with one attached hydrogen (secondary N) is 1. The van der Waals surface area contributed by atoms with Crippen molar-refractivity contribution in [2.24, 2.45) is 5.92 Å². The zero-order chi connectivity index (χ0) is 17.8. The van der Waals surface area contributed by atoms with E-state index in [0.717, 1.165) is 18.7 Å². The van der Waals surface area contributed by atoms with Gasteiger partial charge in [-0.15, -0.1) is 0 Å². The molecule has 1 aromatic rings. The van der Waals surface area contributed by atoms with E-state index in [0.29, 0.717) is 25.6 Å². The lowest BCUT2D eigenvalue weighted by Gasteiger charge is -2.26. The van der Waals surface area contributed by atoms with Crippen LogP contribution in [0, 0.1) is 5.92 Å². The largest absolute Gasteiger partial charge is 0.341 e. The molecule has 1 saturated carbocycles. The van der Waals surface area contributed by atoms with E-state index in [2.05, 4.69) is 17.4 Å². The van der Waals surface area contributed by atoms with E-state index in [1.54, 1.807) is 0 Å². The number of carbonyl (C=O) groups is 2. The van der Waals surface area contributed by atoms with E-state index in [1.807, 2.05) is 35.8 Å². The Hall–Kier alpha value is -2.04. The van der Waals surface area contributed by atoms with E-state index in [-0.39, 0.29) is 17.9 Å². The fourth-order valence-electron chi connectivity index (χ4n) is 3.49. The molecular weight excluding hydrogens is 314 g/mol. The number of carbonyl (C=O) groups excluding carboxylic acids is 2. The third kappa shape index (κ3) is 4.33. The van der Waals surface area contributed by atoms with Crippen molar-refractivity contribution in [2.45, 2.75) is 45.4 Å². The van der Waals surface area contributed by atoms with Gasteiger partial charge >= 0.3 is 6.03 Å². The molecule has 2 aliphatic rings. The predicted octanol–water partition coefficient (Wildman–Crippen LogP) is 3.68. The third-order valence-corrected chi connectivity index (χ3v) is 5.33. The molecule has 1 N–H and O–H groups in total. The van der Waals surface area contributed by atoms with Crippen LogP contribution >= 0.6 is 0 Å². The number of hydrogen-bond donors (Lipinski definition) is 1. The lowest BCUT2D eigenvalue weighted by Crippen LogP contribution is -2.40. The van der Waals surface area contributed by atoms with Gasteiger partial charge < -0.3 is 15.1 Å². The molecule has 3 rings (SSSR count). The van der Waals surface area contributed by atoms with Gasteiger partial charge in [0.05, 0.1) is 0 Å². The normalized spacial score (nSPS) is 18.7. The van der Waals surface area contributed by atoms with Crippen LogP contribution in [0.25, 0.3) is 0 Å². The van der Waals surface area contributed by atoms with Gasteiger partial charge in [0.2, 0.25) is 5.91 Å². The molecule has 25 heavy (non-hydrogen) atoms. The molecule has 0 atom stereocenters. The Morgan fingerprint density at radius 1 is 0.960 bits per heavy atom. The van der Waals surface area contributed by atoms with Gasteiger partial charge in [-0.05, 0) is 42.9 Å². The van der Waals surface area contributed by atoms with E-state index in [1.165, 1.54) is 24.8 Å². The maximum Gasteiger partial charge on any atom is 0.321 e. The van der Waals surface area contributed by atoms with Crippen LogP contribution in [0.4, 0.5) is 10.5 Å². The highest BCUT2D eigenvalue weighted by atomic mass is 16.2. The maximum atomic E-state index is 12.5. The van der Waals surface area contributed by atoms with Gasteiger partial charge in [0.1, 0.15) is 0 Å². The molecule has 1 aliphatic carbocycles. The molecule has 1 heterocycles. The minimum absolute atomic E-state index is 0.00885. The average molecular weight is 343 g/mol. The number of nitrogens with zero attached hydrogens (tertiary/aromatic N) is 2. The van der Waals surface area contributed by atoms with Gasteiger partial charge in [-0.1, -0.05) is 32.4 Å². The first kappa shape index (κ1) is 17.8. The van der Waals surface area contributed by atoms with Crippen molar-refractivity contribution in [3.8, 4) is 0 Å². The summed E-state index contributed by atoms with van der Waals surface area (Å²) in [7, 11) is 0. The van der Waals surface area contributed by atoms with Gasteiger partial charge in [-0.2, -0.15) is 0 Å². The van der Waals surface area contributed by atoms with Crippen LogP contribution in [0.2, 0.25) is 0 Å². The van der Waals surface area contributed by atoms with E-state index >= 15 is 0 Å². The lowest BCUT2D eigenvalue weighted by atomic mass is 9.80. The first-order valence-electron chi connectivity index (χ1n) is 9.49.